The van der Waals surface area contributed by atoms with E-state index in [9.17, 15) is 0 Å². The van der Waals surface area contributed by atoms with Gasteiger partial charge in [0.15, 0.2) is 0 Å². The third-order valence-electron chi connectivity index (χ3n) is 4.05. The van der Waals surface area contributed by atoms with E-state index < -0.39 is 0 Å². The fourth-order valence-electron chi connectivity index (χ4n) is 3.27. The van der Waals surface area contributed by atoms with Gasteiger partial charge in [-0.2, -0.15) is 0 Å². The lowest BCUT2D eigenvalue weighted by molar-refractivity contribution is 0.0855. The van der Waals surface area contributed by atoms with Crippen molar-refractivity contribution in [3.05, 3.63) is 0 Å². The Balaban J connectivity index is 2.56. The van der Waals surface area contributed by atoms with Gasteiger partial charge in [-0.25, -0.2) is 0 Å². The third kappa shape index (κ3) is 3.44. The maximum Gasteiger partial charge on any atom is 0.0558 e. The summed E-state index contributed by atoms with van der Waals surface area (Å²) in [5.41, 5.74) is 0.401. The Morgan fingerprint density at radius 2 is 2.12 bits per heavy atom. The second-order valence-electron chi connectivity index (χ2n) is 5.89. The first-order valence-corrected chi connectivity index (χ1v) is 6.48. The zero-order valence-corrected chi connectivity index (χ0v) is 11.3. The second-order valence-corrected chi connectivity index (χ2v) is 5.89. The Morgan fingerprint density at radius 1 is 1.44 bits per heavy atom. The molecule has 1 aliphatic carbocycles. The number of hydrogen-bond donors (Lipinski definition) is 2. The number of aliphatic hydroxyl groups is 1. The molecule has 1 saturated carbocycles. The molecule has 3 nitrogen and oxygen atoms in total. The van der Waals surface area contributed by atoms with Gasteiger partial charge in [-0.3, -0.25) is 0 Å². The lowest BCUT2D eigenvalue weighted by atomic mass is 9.68. The summed E-state index contributed by atoms with van der Waals surface area (Å²) in [7, 11) is 4.18. The summed E-state index contributed by atoms with van der Waals surface area (Å²) in [5, 5.41) is 12.4. The van der Waals surface area contributed by atoms with Crippen molar-refractivity contribution in [2.45, 2.75) is 39.2 Å². The monoisotopic (exact) mass is 228 g/mol. The maximum atomic E-state index is 8.93. The summed E-state index contributed by atoms with van der Waals surface area (Å²) < 4.78 is 0. The van der Waals surface area contributed by atoms with E-state index in [0.29, 0.717) is 17.4 Å². The Kier molecular flexibility index (Phi) is 5.22. The van der Waals surface area contributed by atoms with Crippen molar-refractivity contribution in [3.63, 3.8) is 0 Å². The SMILES string of the molecule is CNC1C(CN(C)CCO)CCCC1(C)C. The fraction of sp³-hybridized carbons (Fsp3) is 1.00. The Bertz CT molecular complexity index is 206. The molecular formula is C13H28N2O. The van der Waals surface area contributed by atoms with Crippen molar-refractivity contribution in [3.8, 4) is 0 Å². The van der Waals surface area contributed by atoms with Gasteiger partial charge in [-0.15, -0.1) is 0 Å². The van der Waals surface area contributed by atoms with Gasteiger partial charge in [-0.05, 0) is 38.3 Å². The van der Waals surface area contributed by atoms with E-state index in [2.05, 4.69) is 38.2 Å². The second kappa shape index (κ2) is 5.99. The number of hydrogen-bond acceptors (Lipinski definition) is 3. The van der Waals surface area contributed by atoms with Crippen LogP contribution in [0.3, 0.4) is 0 Å². The summed E-state index contributed by atoms with van der Waals surface area (Å²) in [5.74, 6) is 0.713. The molecule has 0 spiro atoms. The van der Waals surface area contributed by atoms with E-state index in [0.717, 1.165) is 13.1 Å². The van der Waals surface area contributed by atoms with Crippen molar-refractivity contribution in [2.75, 3.05) is 33.8 Å². The van der Waals surface area contributed by atoms with Gasteiger partial charge in [0, 0.05) is 19.1 Å². The standard InChI is InChI=1S/C13H28N2O/c1-13(2)7-5-6-11(12(13)14-3)10-15(4)8-9-16/h11-12,14,16H,5-10H2,1-4H3. The van der Waals surface area contributed by atoms with Crippen LogP contribution in [-0.2, 0) is 0 Å². The molecule has 96 valence electrons. The van der Waals surface area contributed by atoms with Crippen molar-refractivity contribution in [2.24, 2.45) is 11.3 Å². The van der Waals surface area contributed by atoms with Gasteiger partial charge in [0.2, 0.25) is 0 Å². The minimum absolute atomic E-state index is 0.261. The highest BCUT2D eigenvalue weighted by atomic mass is 16.3. The van der Waals surface area contributed by atoms with Crippen LogP contribution >= 0.6 is 0 Å². The molecule has 3 heteroatoms. The van der Waals surface area contributed by atoms with E-state index in [-0.39, 0.29) is 6.61 Å². The first kappa shape index (κ1) is 13.9. The smallest absolute Gasteiger partial charge is 0.0558 e. The predicted octanol–water partition coefficient (Wildman–Crippen LogP) is 1.32. The molecule has 0 heterocycles. The number of rotatable bonds is 5. The van der Waals surface area contributed by atoms with Crippen LogP contribution in [0.4, 0.5) is 0 Å². The molecule has 0 aromatic heterocycles. The molecule has 1 aliphatic rings. The van der Waals surface area contributed by atoms with Gasteiger partial charge in [0.1, 0.15) is 0 Å². The van der Waals surface area contributed by atoms with E-state index in [1.165, 1.54) is 19.3 Å². The lowest BCUT2D eigenvalue weighted by Gasteiger charge is -2.45. The zero-order valence-electron chi connectivity index (χ0n) is 11.3. The highest BCUT2D eigenvalue weighted by molar-refractivity contribution is 4.93. The van der Waals surface area contributed by atoms with Crippen molar-refractivity contribution in [1.29, 1.82) is 0 Å². The molecule has 1 fully saturated rings. The molecule has 0 aliphatic heterocycles. The van der Waals surface area contributed by atoms with Crippen molar-refractivity contribution in [1.82, 2.24) is 10.2 Å². The predicted molar refractivity (Wildman–Crippen MR) is 68.6 cm³/mol. The normalized spacial score (nSPS) is 29.6. The topological polar surface area (TPSA) is 35.5 Å². The molecule has 2 N–H and O–H groups in total. The summed E-state index contributed by atoms with van der Waals surface area (Å²) in [6.45, 7) is 6.87. The molecule has 1 rings (SSSR count). The van der Waals surface area contributed by atoms with Crippen LogP contribution in [0.25, 0.3) is 0 Å². The van der Waals surface area contributed by atoms with Crippen LogP contribution in [0.15, 0.2) is 0 Å². The summed E-state index contributed by atoms with van der Waals surface area (Å²) in [4.78, 5) is 2.25. The summed E-state index contributed by atoms with van der Waals surface area (Å²) in [6, 6.07) is 0.599. The average molecular weight is 228 g/mol. The van der Waals surface area contributed by atoms with E-state index in [1.807, 2.05) is 0 Å². The molecule has 2 unspecified atom stereocenters. The van der Waals surface area contributed by atoms with Crippen LogP contribution in [0, 0.1) is 11.3 Å². The third-order valence-corrected chi connectivity index (χ3v) is 4.05. The van der Waals surface area contributed by atoms with Crippen molar-refractivity contribution < 1.29 is 5.11 Å². The van der Waals surface area contributed by atoms with Crippen molar-refractivity contribution >= 4 is 0 Å². The highest BCUT2D eigenvalue weighted by Gasteiger charge is 2.37. The molecular weight excluding hydrogens is 200 g/mol. The zero-order chi connectivity index (χ0) is 12.2. The molecule has 0 aromatic rings. The molecule has 2 atom stereocenters. The van der Waals surface area contributed by atoms with E-state index in [4.69, 9.17) is 5.11 Å². The first-order chi connectivity index (χ1) is 7.51. The van der Waals surface area contributed by atoms with Crippen LogP contribution < -0.4 is 5.32 Å². The molecule has 16 heavy (non-hydrogen) atoms. The van der Waals surface area contributed by atoms with E-state index in [1.54, 1.807) is 0 Å². The number of likely N-dealkylation sites (N-methyl/N-ethyl adjacent to an activating group) is 1. The average Bonchev–Trinajstić information content (AvgIpc) is 2.17. The molecule has 0 radical (unpaired) electrons. The summed E-state index contributed by atoms with van der Waals surface area (Å²) >= 11 is 0. The van der Waals surface area contributed by atoms with Crippen LogP contribution in [0.2, 0.25) is 0 Å². The van der Waals surface area contributed by atoms with Crippen LogP contribution in [0.5, 0.6) is 0 Å². The molecule has 0 amide bonds. The fourth-order valence-corrected chi connectivity index (χ4v) is 3.27. The Morgan fingerprint density at radius 3 is 2.69 bits per heavy atom. The first-order valence-electron chi connectivity index (χ1n) is 6.48. The minimum atomic E-state index is 0.261. The van der Waals surface area contributed by atoms with Crippen LogP contribution in [0.1, 0.15) is 33.1 Å². The Labute approximate surface area is 100 Å². The summed E-state index contributed by atoms with van der Waals surface area (Å²) in [6.07, 6.45) is 3.96. The molecule has 0 bridgehead atoms. The number of nitrogens with one attached hydrogen (secondary N) is 1. The quantitative estimate of drug-likeness (QED) is 0.745. The van der Waals surface area contributed by atoms with Gasteiger partial charge in [0.25, 0.3) is 0 Å². The van der Waals surface area contributed by atoms with E-state index >= 15 is 0 Å². The van der Waals surface area contributed by atoms with Gasteiger partial charge in [0.05, 0.1) is 6.61 Å². The largest absolute Gasteiger partial charge is 0.395 e. The maximum absolute atomic E-state index is 8.93. The molecule has 0 aromatic carbocycles. The number of aliphatic hydroxyl groups excluding tert-OH is 1. The number of nitrogens with zero attached hydrogens (tertiary/aromatic N) is 1. The van der Waals surface area contributed by atoms with Gasteiger partial charge in [-0.1, -0.05) is 20.3 Å². The molecule has 0 saturated heterocycles. The van der Waals surface area contributed by atoms with Gasteiger partial charge >= 0.3 is 0 Å². The Hall–Kier alpha value is -0.120. The minimum Gasteiger partial charge on any atom is -0.395 e. The highest BCUT2D eigenvalue weighted by Crippen LogP contribution is 2.38. The lowest BCUT2D eigenvalue weighted by Crippen LogP contribution is -2.51. The van der Waals surface area contributed by atoms with Crippen LogP contribution in [-0.4, -0.2) is 49.8 Å². The van der Waals surface area contributed by atoms with Gasteiger partial charge < -0.3 is 15.3 Å².